The zero-order valence-corrected chi connectivity index (χ0v) is 21.1. The van der Waals surface area contributed by atoms with E-state index in [1.165, 1.54) is 141 Å². The molecule has 1 heteroatoms. The molecule has 1 atom stereocenters. The highest BCUT2D eigenvalue weighted by atomic mass is 14.3. The van der Waals surface area contributed by atoms with E-state index in [0.29, 0.717) is 0 Å². The summed E-state index contributed by atoms with van der Waals surface area (Å²) in [7, 11) is 0. The molecule has 0 fully saturated rings. The third-order valence-corrected chi connectivity index (χ3v) is 6.92. The van der Waals surface area contributed by atoms with E-state index in [4.69, 9.17) is 5.26 Å². The average Bonchev–Trinajstić information content (AvgIpc) is 2.77. The zero-order valence-electron chi connectivity index (χ0n) is 21.1. The number of unbranched alkanes of at least 4 members (excludes halogenated alkanes) is 21. The van der Waals surface area contributed by atoms with Crippen LogP contribution in [0.5, 0.6) is 0 Å². The first-order chi connectivity index (χ1) is 14.7. The van der Waals surface area contributed by atoms with E-state index in [2.05, 4.69) is 26.8 Å². The van der Waals surface area contributed by atoms with Gasteiger partial charge >= 0.3 is 0 Å². The minimum atomic E-state index is -0.326. The summed E-state index contributed by atoms with van der Waals surface area (Å²) >= 11 is 0. The van der Waals surface area contributed by atoms with Gasteiger partial charge in [-0.2, -0.15) is 5.26 Å². The molecule has 177 valence electrons. The summed E-state index contributed by atoms with van der Waals surface area (Å²) in [5.74, 6) is 0. The van der Waals surface area contributed by atoms with Gasteiger partial charge in [-0.05, 0) is 19.8 Å². The van der Waals surface area contributed by atoms with Crippen LogP contribution in [-0.4, -0.2) is 0 Å². The fourth-order valence-corrected chi connectivity index (χ4v) is 4.38. The lowest BCUT2D eigenvalue weighted by atomic mass is 9.84. The Morgan fingerprint density at radius 2 is 0.767 bits per heavy atom. The SMILES string of the molecule is [CH2]C(C#N)(CC)CCCCCCCCCCCCCCCCCCCCCCCC. The molecule has 0 aliphatic rings. The van der Waals surface area contributed by atoms with Crippen molar-refractivity contribution in [3.8, 4) is 6.07 Å². The van der Waals surface area contributed by atoms with Crippen molar-refractivity contribution in [3.05, 3.63) is 6.92 Å². The van der Waals surface area contributed by atoms with Gasteiger partial charge in [0.25, 0.3) is 0 Å². The van der Waals surface area contributed by atoms with E-state index < -0.39 is 0 Å². The average molecular weight is 419 g/mol. The molecule has 1 unspecified atom stereocenters. The Labute approximate surface area is 191 Å². The minimum absolute atomic E-state index is 0.326. The van der Waals surface area contributed by atoms with Gasteiger partial charge in [-0.25, -0.2) is 0 Å². The van der Waals surface area contributed by atoms with Gasteiger partial charge < -0.3 is 0 Å². The van der Waals surface area contributed by atoms with Crippen LogP contribution in [0.2, 0.25) is 0 Å². The molecule has 0 bridgehead atoms. The third kappa shape index (κ3) is 20.8. The van der Waals surface area contributed by atoms with Gasteiger partial charge in [-0.3, -0.25) is 0 Å². The maximum Gasteiger partial charge on any atom is 0.0689 e. The van der Waals surface area contributed by atoms with Crippen molar-refractivity contribution in [1.29, 1.82) is 5.26 Å². The predicted molar refractivity (Wildman–Crippen MR) is 136 cm³/mol. The van der Waals surface area contributed by atoms with Crippen molar-refractivity contribution >= 4 is 0 Å². The summed E-state index contributed by atoms with van der Waals surface area (Å²) < 4.78 is 0. The second-order valence-electron chi connectivity index (χ2n) is 9.92. The van der Waals surface area contributed by atoms with Gasteiger partial charge in [0.05, 0.1) is 11.5 Å². The minimum Gasteiger partial charge on any atom is -0.198 e. The molecule has 0 aliphatic heterocycles. The van der Waals surface area contributed by atoms with E-state index >= 15 is 0 Å². The Morgan fingerprint density at radius 3 is 1.00 bits per heavy atom. The van der Waals surface area contributed by atoms with Crippen LogP contribution < -0.4 is 0 Å². The fourth-order valence-electron chi connectivity index (χ4n) is 4.38. The number of hydrogen-bond donors (Lipinski definition) is 0. The van der Waals surface area contributed by atoms with Gasteiger partial charge in [0.1, 0.15) is 0 Å². The highest BCUT2D eigenvalue weighted by Gasteiger charge is 2.20. The predicted octanol–water partition coefficient (Wildman–Crippen LogP) is 10.7. The highest BCUT2D eigenvalue weighted by molar-refractivity contribution is 4.99. The molecule has 0 saturated carbocycles. The van der Waals surface area contributed by atoms with Crippen molar-refractivity contribution in [2.45, 2.75) is 168 Å². The summed E-state index contributed by atoms with van der Waals surface area (Å²) in [5.41, 5.74) is -0.326. The van der Waals surface area contributed by atoms with Crippen LogP contribution in [0.25, 0.3) is 0 Å². The van der Waals surface area contributed by atoms with Crippen LogP contribution in [0.3, 0.4) is 0 Å². The molecule has 0 aromatic rings. The Hall–Kier alpha value is -0.510. The lowest BCUT2D eigenvalue weighted by Gasteiger charge is -2.18. The molecule has 0 rings (SSSR count). The molecule has 0 heterocycles. The Kier molecular flexibility index (Phi) is 22.8. The molecule has 0 amide bonds. The standard InChI is InChI=1S/C29H56N/c1-4-6-7-8-9-10-11-12-13-14-15-16-17-18-19-20-21-22-23-24-25-26-27-29(3,5-2)28-30/h3-27H2,1-2H3. The van der Waals surface area contributed by atoms with Gasteiger partial charge in [0.2, 0.25) is 0 Å². The first-order valence-electron chi connectivity index (χ1n) is 13.9. The normalized spacial score (nSPS) is 13.3. The fraction of sp³-hybridized carbons (Fsp3) is 0.931. The number of rotatable bonds is 24. The number of hydrogen-bond acceptors (Lipinski definition) is 1. The number of nitriles is 1. The molecule has 0 saturated heterocycles. The largest absolute Gasteiger partial charge is 0.198 e. The monoisotopic (exact) mass is 418 g/mol. The molecule has 1 nitrogen and oxygen atoms in total. The van der Waals surface area contributed by atoms with Gasteiger partial charge in [0, 0.05) is 0 Å². The van der Waals surface area contributed by atoms with Crippen molar-refractivity contribution in [3.63, 3.8) is 0 Å². The molecular formula is C29H56N. The van der Waals surface area contributed by atoms with Crippen LogP contribution in [0.15, 0.2) is 0 Å². The van der Waals surface area contributed by atoms with Crippen molar-refractivity contribution in [2.75, 3.05) is 0 Å². The van der Waals surface area contributed by atoms with E-state index in [-0.39, 0.29) is 5.41 Å². The highest BCUT2D eigenvalue weighted by Crippen LogP contribution is 2.27. The lowest BCUT2D eigenvalue weighted by Crippen LogP contribution is -2.12. The molecule has 0 aliphatic carbocycles. The van der Waals surface area contributed by atoms with Crippen molar-refractivity contribution in [1.82, 2.24) is 0 Å². The van der Waals surface area contributed by atoms with Gasteiger partial charge in [-0.15, -0.1) is 0 Å². The molecule has 0 aromatic carbocycles. The van der Waals surface area contributed by atoms with Crippen LogP contribution >= 0.6 is 0 Å². The van der Waals surface area contributed by atoms with Crippen molar-refractivity contribution < 1.29 is 0 Å². The summed E-state index contributed by atoms with van der Waals surface area (Å²) in [6.07, 6.45) is 33.1. The van der Waals surface area contributed by atoms with Gasteiger partial charge in [-0.1, -0.05) is 155 Å². The van der Waals surface area contributed by atoms with E-state index in [1.807, 2.05) is 0 Å². The quantitative estimate of drug-likeness (QED) is 0.143. The third-order valence-electron chi connectivity index (χ3n) is 6.92. The summed E-state index contributed by atoms with van der Waals surface area (Å²) in [4.78, 5) is 0. The Morgan fingerprint density at radius 1 is 0.500 bits per heavy atom. The van der Waals surface area contributed by atoms with Crippen LogP contribution in [0.1, 0.15) is 168 Å². The molecule has 1 radical (unpaired) electrons. The summed E-state index contributed by atoms with van der Waals surface area (Å²) in [6, 6.07) is 2.38. The molecule has 0 aromatic heterocycles. The van der Waals surface area contributed by atoms with Crippen molar-refractivity contribution in [2.24, 2.45) is 5.41 Å². The zero-order chi connectivity index (χ0) is 22.2. The second-order valence-corrected chi connectivity index (χ2v) is 9.92. The lowest BCUT2D eigenvalue weighted by molar-refractivity contribution is 0.412. The Bertz CT molecular complexity index is 369. The molecule has 0 N–H and O–H groups in total. The molecule has 0 spiro atoms. The van der Waals surface area contributed by atoms with E-state index in [0.717, 1.165) is 12.8 Å². The Balaban J connectivity index is 3.11. The van der Waals surface area contributed by atoms with Gasteiger partial charge in [0.15, 0.2) is 0 Å². The maximum absolute atomic E-state index is 9.14. The van der Waals surface area contributed by atoms with E-state index in [1.54, 1.807) is 0 Å². The molecule has 30 heavy (non-hydrogen) atoms. The first-order valence-corrected chi connectivity index (χ1v) is 13.9. The molecular weight excluding hydrogens is 362 g/mol. The number of nitrogens with zero attached hydrogens (tertiary/aromatic N) is 1. The van der Waals surface area contributed by atoms with Crippen LogP contribution in [0.4, 0.5) is 0 Å². The van der Waals surface area contributed by atoms with E-state index in [9.17, 15) is 0 Å². The summed E-state index contributed by atoms with van der Waals surface area (Å²) in [6.45, 7) is 8.44. The van der Waals surface area contributed by atoms with Crippen LogP contribution in [-0.2, 0) is 0 Å². The maximum atomic E-state index is 9.14. The second kappa shape index (κ2) is 23.2. The first kappa shape index (κ1) is 29.5. The topological polar surface area (TPSA) is 23.8 Å². The summed E-state index contributed by atoms with van der Waals surface area (Å²) in [5, 5.41) is 9.14. The van der Waals surface area contributed by atoms with Crippen LogP contribution in [0, 0.1) is 23.7 Å². The smallest absolute Gasteiger partial charge is 0.0689 e.